The Morgan fingerprint density at radius 2 is 1.45 bits per heavy atom. The Balaban J connectivity index is 1.65. The van der Waals surface area contributed by atoms with Crippen molar-refractivity contribution >= 4 is 11.9 Å². The predicted molar refractivity (Wildman–Crippen MR) is 159 cm³/mol. The van der Waals surface area contributed by atoms with Crippen molar-refractivity contribution in [1.82, 2.24) is 0 Å². The van der Waals surface area contributed by atoms with Crippen LogP contribution in [-0.2, 0) is 32.3 Å². The molecule has 1 fully saturated rings. The van der Waals surface area contributed by atoms with Crippen LogP contribution in [0.1, 0.15) is 90.7 Å². The average molecular weight is 551 g/mol. The quantitative estimate of drug-likeness (QED) is 0.258. The number of aliphatic hydroxyl groups is 1. The van der Waals surface area contributed by atoms with Crippen LogP contribution in [0.25, 0.3) is 0 Å². The van der Waals surface area contributed by atoms with Gasteiger partial charge in [-0.3, -0.25) is 9.59 Å². The molecule has 0 spiro atoms. The van der Waals surface area contributed by atoms with Gasteiger partial charge in [0, 0.05) is 0 Å². The topological polar surface area (TPSA) is 72.8 Å². The molecule has 0 saturated heterocycles. The van der Waals surface area contributed by atoms with Crippen LogP contribution < -0.4 is 0 Å². The molecule has 220 valence electrons. The molecule has 0 bridgehead atoms. The van der Waals surface area contributed by atoms with Gasteiger partial charge in [0.2, 0.25) is 0 Å². The number of hydrogen-bond donors (Lipinski definition) is 1. The van der Waals surface area contributed by atoms with Gasteiger partial charge in [-0.05, 0) is 79.2 Å². The zero-order chi connectivity index (χ0) is 29.1. The van der Waals surface area contributed by atoms with E-state index in [1.807, 2.05) is 60.7 Å². The van der Waals surface area contributed by atoms with Crippen molar-refractivity contribution in [2.45, 2.75) is 98.9 Å². The van der Waals surface area contributed by atoms with Gasteiger partial charge in [-0.25, -0.2) is 0 Å². The Bertz CT molecular complexity index is 1030. The second kappa shape index (κ2) is 15.4. The minimum absolute atomic E-state index is 0.0643. The molecule has 2 aromatic carbocycles. The fourth-order valence-electron chi connectivity index (χ4n) is 5.88. The lowest BCUT2D eigenvalue weighted by Gasteiger charge is -2.38. The molecule has 3 rings (SSSR count). The zero-order valence-electron chi connectivity index (χ0n) is 25.2. The summed E-state index contributed by atoms with van der Waals surface area (Å²) in [6, 6.07) is 19.5. The first-order chi connectivity index (χ1) is 19.0. The van der Waals surface area contributed by atoms with Gasteiger partial charge < -0.3 is 14.6 Å². The summed E-state index contributed by atoms with van der Waals surface area (Å²) < 4.78 is 11.5. The van der Waals surface area contributed by atoms with E-state index in [0.29, 0.717) is 12.8 Å². The number of rotatable bonds is 13. The molecule has 0 amide bonds. The van der Waals surface area contributed by atoms with Crippen LogP contribution in [0.15, 0.2) is 60.7 Å². The number of benzene rings is 2. The van der Waals surface area contributed by atoms with Crippen LogP contribution in [0.2, 0.25) is 0 Å². The molecule has 5 nitrogen and oxygen atoms in total. The molecule has 1 aliphatic carbocycles. The molecule has 40 heavy (non-hydrogen) atoms. The Morgan fingerprint density at radius 3 is 2.00 bits per heavy atom. The molecular weight excluding hydrogens is 500 g/mol. The van der Waals surface area contributed by atoms with E-state index in [0.717, 1.165) is 43.2 Å². The summed E-state index contributed by atoms with van der Waals surface area (Å²) in [7, 11) is 0. The second-order valence-electron chi connectivity index (χ2n) is 13.2. The lowest BCUT2D eigenvalue weighted by molar-refractivity contribution is -0.155. The first-order valence-electron chi connectivity index (χ1n) is 15.1. The van der Waals surface area contributed by atoms with E-state index in [1.54, 1.807) is 0 Å². The van der Waals surface area contributed by atoms with Gasteiger partial charge in [-0.1, -0.05) is 95.3 Å². The average Bonchev–Trinajstić information content (AvgIpc) is 2.94. The summed E-state index contributed by atoms with van der Waals surface area (Å²) in [6.07, 6.45) is 5.05. The third kappa shape index (κ3) is 10.4. The van der Waals surface area contributed by atoms with Crippen molar-refractivity contribution in [2.75, 3.05) is 0 Å². The monoisotopic (exact) mass is 550 g/mol. The summed E-state index contributed by atoms with van der Waals surface area (Å²) in [5.74, 6) is -0.450. The molecule has 1 saturated carbocycles. The SMILES string of the molecule is CC(C)C(CCC1CC(C(O)CCC(C)(C)C)CCC1C(=O)OCc1ccccc1)C(=O)OCc1ccccc1. The molecule has 5 heteroatoms. The fourth-order valence-corrected chi connectivity index (χ4v) is 5.88. The molecule has 0 radical (unpaired) electrons. The first kappa shape index (κ1) is 31.9. The summed E-state index contributed by atoms with van der Waals surface area (Å²) in [4.78, 5) is 26.4. The molecule has 5 atom stereocenters. The lowest BCUT2D eigenvalue weighted by Crippen LogP contribution is -2.37. The van der Waals surface area contributed by atoms with E-state index in [9.17, 15) is 14.7 Å². The minimum atomic E-state index is -0.375. The number of carbonyl (C=O) groups excluding carboxylic acids is 2. The Hall–Kier alpha value is -2.66. The van der Waals surface area contributed by atoms with E-state index in [4.69, 9.17) is 9.47 Å². The highest BCUT2D eigenvalue weighted by Crippen LogP contribution is 2.41. The van der Waals surface area contributed by atoms with Gasteiger partial charge >= 0.3 is 11.9 Å². The van der Waals surface area contributed by atoms with E-state index < -0.39 is 0 Å². The second-order valence-corrected chi connectivity index (χ2v) is 13.2. The molecule has 1 N–H and O–H groups in total. The maximum atomic E-state index is 13.3. The van der Waals surface area contributed by atoms with Crippen molar-refractivity contribution in [2.24, 2.45) is 35.0 Å². The smallest absolute Gasteiger partial charge is 0.309 e. The van der Waals surface area contributed by atoms with Gasteiger partial charge in [0.05, 0.1) is 17.9 Å². The van der Waals surface area contributed by atoms with E-state index >= 15 is 0 Å². The highest BCUT2D eigenvalue weighted by molar-refractivity contribution is 5.73. The van der Waals surface area contributed by atoms with Crippen LogP contribution in [0.4, 0.5) is 0 Å². The summed E-state index contributed by atoms with van der Waals surface area (Å²) >= 11 is 0. The molecule has 0 aliphatic heterocycles. The highest BCUT2D eigenvalue weighted by atomic mass is 16.5. The molecular formula is C35H50O5. The van der Waals surface area contributed by atoms with Crippen LogP contribution in [0.3, 0.4) is 0 Å². The molecule has 0 heterocycles. The van der Waals surface area contributed by atoms with Crippen molar-refractivity contribution < 1.29 is 24.2 Å². The van der Waals surface area contributed by atoms with Gasteiger partial charge in [0.1, 0.15) is 13.2 Å². The third-order valence-corrected chi connectivity index (χ3v) is 8.46. The van der Waals surface area contributed by atoms with Gasteiger partial charge in [-0.15, -0.1) is 0 Å². The largest absolute Gasteiger partial charge is 0.461 e. The lowest BCUT2D eigenvalue weighted by atomic mass is 9.69. The van der Waals surface area contributed by atoms with E-state index in [1.165, 1.54) is 0 Å². The fraction of sp³-hybridized carbons (Fsp3) is 0.600. The normalized spacial score (nSPS) is 21.0. The van der Waals surface area contributed by atoms with Crippen molar-refractivity contribution in [1.29, 1.82) is 0 Å². The number of hydrogen-bond acceptors (Lipinski definition) is 5. The summed E-state index contributed by atoms with van der Waals surface area (Å²) in [6.45, 7) is 11.2. The van der Waals surface area contributed by atoms with Gasteiger partial charge in [0.15, 0.2) is 0 Å². The maximum Gasteiger partial charge on any atom is 0.309 e. The number of ether oxygens (including phenoxy) is 2. The minimum Gasteiger partial charge on any atom is -0.461 e. The number of carbonyl (C=O) groups is 2. The Morgan fingerprint density at radius 1 is 0.875 bits per heavy atom. The van der Waals surface area contributed by atoms with Crippen molar-refractivity contribution in [3.05, 3.63) is 71.8 Å². The van der Waals surface area contributed by atoms with Crippen LogP contribution >= 0.6 is 0 Å². The Kier molecular flexibility index (Phi) is 12.2. The number of aliphatic hydroxyl groups excluding tert-OH is 1. The standard InChI is InChI=1S/C35H50O5/c1-25(2)30(33(37)39-23-26-12-8-6-9-13-26)18-16-28-22-29(32(36)20-21-35(3,4)5)17-19-31(28)34(38)40-24-27-14-10-7-11-15-27/h6-15,25,28-32,36H,16-24H2,1-5H3. The maximum absolute atomic E-state index is 13.3. The molecule has 1 aliphatic rings. The molecule has 0 aromatic heterocycles. The summed E-state index contributed by atoms with van der Waals surface area (Å²) in [5, 5.41) is 11.1. The molecule has 2 aromatic rings. The highest BCUT2D eigenvalue weighted by Gasteiger charge is 2.39. The van der Waals surface area contributed by atoms with Crippen LogP contribution in [0, 0.1) is 35.0 Å². The molecule has 5 unspecified atom stereocenters. The van der Waals surface area contributed by atoms with Crippen LogP contribution in [0.5, 0.6) is 0 Å². The van der Waals surface area contributed by atoms with Crippen LogP contribution in [-0.4, -0.2) is 23.1 Å². The summed E-state index contributed by atoms with van der Waals surface area (Å²) in [5.41, 5.74) is 2.11. The Labute approximate surface area is 241 Å². The van der Waals surface area contributed by atoms with Gasteiger partial charge in [0.25, 0.3) is 0 Å². The third-order valence-electron chi connectivity index (χ3n) is 8.46. The van der Waals surface area contributed by atoms with Gasteiger partial charge in [-0.2, -0.15) is 0 Å². The van der Waals surface area contributed by atoms with Crippen molar-refractivity contribution in [3.8, 4) is 0 Å². The number of esters is 2. The predicted octanol–water partition coefficient (Wildman–Crippen LogP) is 7.75. The van der Waals surface area contributed by atoms with E-state index in [2.05, 4.69) is 34.6 Å². The first-order valence-corrected chi connectivity index (χ1v) is 15.1. The van der Waals surface area contributed by atoms with Crippen molar-refractivity contribution in [3.63, 3.8) is 0 Å². The zero-order valence-corrected chi connectivity index (χ0v) is 25.2. The van der Waals surface area contributed by atoms with E-state index in [-0.39, 0.29) is 66.3 Å².